The highest BCUT2D eigenvalue weighted by Crippen LogP contribution is 2.29. The van der Waals surface area contributed by atoms with Crippen molar-refractivity contribution in [2.45, 2.75) is 19.4 Å². The van der Waals surface area contributed by atoms with E-state index in [-0.39, 0.29) is 5.82 Å². The number of hydrogen-bond donors (Lipinski definition) is 1. The second-order valence-electron chi connectivity index (χ2n) is 8.84. The summed E-state index contributed by atoms with van der Waals surface area (Å²) in [6, 6.07) is 16.8. The molecule has 0 amide bonds. The van der Waals surface area contributed by atoms with E-state index >= 15 is 0 Å². The maximum Gasteiger partial charge on any atom is 0.161 e. The molecule has 0 aliphatic carbocycles. The Hall–Kier alpha value is -3.13. The second kappa shape index (κ2) is 12.0. The van der Waals surface area contributed by atoms with E-state index in [0.717, 1.165) is 48.8 Å². The number of nitrogens with zero attached hydrogens (tertiary/aromatic N) is 4. The lowest BCUT2D eigenvalue weighted by Gasteiger charge is -2.37. The van der Waals surface area contributed by atoms with Gasteiger partial charge in [0.2, 0.25) is 0 Å². The van der Waals surface area contributed by atoms with Gasteiger partial charge in [-0.2, -0.15) is 0 Å². The zero-order chi connectivity index (χ0) is 24.6. The maximum atomic E-state index is 14.5. The first-order valence-electron chi connectivity index (χ1n) is 12.1. The Labute approximate surface area is 206 Å². The molecule has 6 nitrogen and oxygen atoms in total. The first-order valence-corrected chi connectivity index (χ1v) is 12.1. The summed E-state index contributed by atoms with van der Waals surface area (Å²) in [5.41, 5.74) is 3.39. The van der Waals surface area contributed by atoms with E-state index in [4.69, 9.17) is 14.7 Å². The fourth-order valence-electron chi connectivity index (χ4n) is 4.38. The van der Waals surface area contributed by atoms with Crippen molar-refractivity contribution in [1.29, 1.82) is 0 Å². The number of anilines is 1. The highest BCUT2D eigenvalue weighted by atomic mass is 19.1. The van der Waals surface area contributed by atoms with Crippen LogP contribution >= 0.6 is 0 Å². The monoisotopic (exact) mass is 476 g/mol. The van der Waals surface area contributed by atoms with E-state index < -0.39 is 6.10 Å². The fraction of sp³-hybridized carbons (Fsp3) is 0.357. The third kappa shape index (κ3) is 6.51. The first-order chi connectivity index (χ1) is 17.0. The fourth-order valence-corrected chi connectivity index (χ4v) is 4.38. The van der Waals surface area contributed by atoms with Crippen LogP contribution in [0.25, 0.3) is 11.4 Å². The third-order valence-electron chi connectivity index (χ3n) is 6.24. The standard InChI is InChI=1S/C28H33FN4O2/c1-3-17-35-20-24(34)19-32-13-15-33(16-14-32)28-25(18-23-11-7-8-12-26(23)29)21(2)30-27(31-28)22-9-5-4-6-10-22/h3-12,24,34H,1,13-20H2,2H3. The highest BCUT2D eigenvalue weighted by Gasteiger charge is 2.24. The van der Waals surface area contributed by atoms with Crippen molar-refractivity contribution in [3.8, 4) is 11.4 Å². The van der Waals surface area contributed by atoms with Gasteiger partial charge in [-0.1, -0.05) is 54.6 Å². The Bertz CT molecular complexity index is 1120. The van der Waals surface area contributed by atoms with Gasteiger partial charge in [0.25, 0.3) is 0 Å². The molecule has 2 heterocycles. The first kappa shape index (κ1) is 25.0. The summed E-state index contributed by atoms with van der Waals surface area (Å²) in [5.74, 6) is 1.31. The number of aryl methyl sites for hydroxylation is 1. The summed E-state index contributed by atoms with van der Waals surface area (Å²) < 4.78 is 19.9. The molecular weight excluding hydrogens is 443 g/mol. The predicted molar refractivity (Wildman–Crippen MR) is 137 cm³/mol. The zero-order valence-electron chi connectivity index (χ0n) is 20.2. The molecule has 1 aromatic heterocycles. The van der Waals surface area contributed by atoms with Crippen LogP contribution in [0.15, 0.2) is 67.3 Å². The van der Waals surface area contributed by atoms with Crippen molar-refractivity contribution in [3.63, 3.8) is 0 Å². The molecule has 7 heteroatoms. The number of β-amino-alcohol motifs (C(OH)–C–C–N with tert-alkyl or cyclic N) is 1. The molecule has 1 unspecified atom stereocenters. The SMILES string of the molecule is C=CCOCC(O)CN1CCN(c2nc(-c3ccccc3)nc(C)c2Cc2ccccc2F)CC1. The molecule has 1 fully saturated rings. The summed E-state index contributed by atoms with van der Waals surface area (Å²) in [6.07, 6.45) is 1.57. The largest absolute Gasteiger partial charge is 0.389 e. The van der Waals surface area contributed by atoms with Crippen LogP contribution in [0.4, 0.5) is 10.2 Å². The van der Waals surface area contributed by atoms with Crippen LogP contribution in [-0.4, -0.2) is 72.0 Å². The van der Waals surface area contributed by atoms with Crippen LogP contribution in [-0.2, 0) is 11.2 Å². The smallest absolute Gasteiger partial charge is 0.161 e. The molecule has 35 heavy (non-hydrogen) atoms. The molecule has 184 valence electrons. The summed E-state index contributed by atoms with van der Waals surface area (Å²) in [5, 5.41) is 10.3. The molecule has 0 spiro atoms. The van der Waals surface area contributed by atoms with Gasteiger partial charge in [-0.05, 0) is 18.6 Å². The van der Waals surface area contributed by atoms with Crippen LogP contribution in [0.2, 0.25) is 0 Å². The lowest BCUT2D eigenvalue weighted by atomic mass is 10.0. The van der Waals surface area contributed by atoms with Crippen LogP contribution in [0.5, 0.6) is 0 Å². The minimum atomic E-state index is -0.538. The number of aliphatic hydroxyl groups is 1. The Morgan fingerprint density at radius 2 is 1.77 bits per heavy atom. The van der Waals surface area contributed by atoms with E-state index in [9.17, 15) is 9.50 Å². The van der Waals surface area contributed by atoms with Crippen LogP contribution in [0.1, 0.15) is 16.8 Å². The normalized spacial score (nSPS) is 15.2. The van der Waals surface area contributed by atoms with E-state index in [2.05, 4.69) is 16.4 Å². The summed E-state index contributed by atoms with van der Waals surface area (Å²) in [6.45, 7) is 10.0. The molecule has 3 aromatic rings. The average molecular weight is 477 g/mol. The van der Waals surface area contributed by atoms with Crippen molar-refractivity contribution < 1.29 is 14.2 Å². The van der Waals surface area contributed by atoms with Gasteiger partial charge < -0.3 is 14.7 Å². The van der Waals surface area contributed by atoms with Crippen LogP contribution < -0.4 is 4.90 Å². The van der Waals surface area contributed by atoms with Crippen molar-refractivity contribution in [2.24, 2.45) is 0 Å². The molecule has 1 atom stereocenters. The molecule has 4 rings (SSSR count). The summed E-state index contributed by atoms with van der Waals surface area (Å²) in [7, 11) is 0. The minimum Gasteiger partial charge on any atom is -0.389 e. The van der Waals surface area contributed by atoms with Gasteiger partial charge in [0, 0.05) is 56.0 Å². The maximum absolute atomic E-state index is 14.5. The number of piperazine rings is 1. The van der Waals surface area contributed by atoms with E-state index in [1.54, 1.807) is 12.1 Å². The van der Waals surface area contributed by atoms with Crippen molar-refractivity contribution in [1.82, 2.24) is 14.9 Å². The Morgan fingerprint density at radius 3 is 2.49 bits per heavy atom. The average Bonchev–Trinajstić information content (AvgIpc) is 2.87. The number of aromatic nitrogens is 2. The molecule has 1 aliphatic rings. The second-order valence-corrected chi connectivity index (χ2v) is 8.84. The number of ether oxygens (including phenoxy) is 1. The van der Waals surface area contributed by atoms with Gasteiger partial charge >= 0.3 is 0 Å². The van der Waals surface area contributed by atoms with Crippen LogP contribution in [0.3, 0.4) is 0 Å². The minimum absolute atomic E-state index is 0.220. The molecule has 2 aromatic carbocycles. The quantitative estimate of drug-likeness (QED) is 0.354. The number of halogens is 1. The van der Waals surface area contributed by atoms with Gasteiger partial charge in [-0.3, -0.25) is 4.90 Å². The number of rotatable bonds is 10. The lowest BCUT2D eigenvalue weighted by molar-refractivity contribution is 0.0252. The third-order valence-corrected chi connectivity index (χ3v) is 6.24. The number of aliphatic hydroxyl groups excluding tert-OH is 1. The molecule has 1 aliphatic heterocycles. The van der Waals surface area contributed by atoms with Gasteiger partial charge in [0.15, 0.2) is 5.82 Å². The predicted octanol–water partition coefficient (Wildman–Crippen LogP) is 3.87. The van der Waals surface area contributed by atoms with Gasteiger partial charge in [0.1, 0.15) is 11.6 Å². The molecule has 1 saturated heterocycles. The highest BCUT2D eigenvalue weighted by molar-refractivity contribution is 5.61. The zero-order valence-corrected chi connectivity index (χ0v) is 20.2. The Kier molecular flexibility index (Phi) is 8.58. The van der Waals surface area contributed by atoms with Crippen molar-refractivity contribution in [2.75, 3.05) is 50.8 Å². The Balaban J connectivity index is 1.56. The topological polar surface area (TPSA) is 61.7 Å². The number of hydrogen-bond acceptors (Lipinski definition) is 6. The lowest BCUT2D eigenvalue weighted by Crippen LogP contribution is -2.49. The van der Waals surface area contributed by atoms with E-state index in [1.165, 1.54) is 6.07 Å². The molecule has 0 radical (unpaired) electrons. The van der Waals surface area contributed by atoms with Crippen molar-refractivity contribution >= 4 is 5.82 Å². The van der Waals surface area contributed by atoms with Crippen molar-refractivity contribution in [3.05, 3.63) is 89.9 Å². The molecule has 0 bridgehead atoms. The van der Waals surface area contributed by atoms with Gasteiger partial charge in [-0.25, -0.2) is 14.4 Å². The van der Waals surface area contributed by atoms with Gasteiger partial charge in [0.05, 0.1) is 19.3 Å². The Morgan fingerprint density at radius 1 is 1.06 bits per heavy atom. The van der Waals surface area contributed by atoms with Gasteiger partial charge in [-0.15, -0.1) is 6.58 Å². The molecule has 1 N–H and O–H groups in total. The summed E-state index contributed by atoms with van der Waals surface area (Å²) in [4.78, 5) is 14.3. The molecular formula is C28H33FN4O2. The molecule has 0 saturated carbocycles. The number of benzene rings is 2. The van der Waals surface area contributed by atoms with E-state index in [1.807, 2.05) is 49.4 Å². The van der Waals surface area contributed by atoms with Crippen LogP contribution in [0, 0.1) is 12.7 Å². The van der Waals surface area contributed by atoms with E-state index in [0.29, 0.717) is 37.6 Å². The summed E-state index contributed by atoms with van der Waals surface area (Å²) >= 11 is 0.